The van der Waals surface area contributed by atoms with Crippen molar-refractivity contribution in [3.05, 3.63) is 18.2 Å². The molecule has 0 aromatic carbocycles. The van der Waals surface area contributed by atoms with E-state index in [-0.39, 0.29) is 0 Å². The summed E-state index contributed by atoms with van der Waals surface area (Å²) < 4.78 is 2.42. The zero-order valence-corrected chi connectivity index (χ0v) is 9.95. The summed E-state index contributed by atoms with van der Waals surface area (Å²) >= 11 is 0. The molecule has 1 aromatic heterocycles. The molecule has 1 fully saturated rings. The van der Waals surface area contributed by atoms with Gasteiger partial charge in [-0.25, -0.2) is 4.98 Å². The number of rotatable bonds is 3. The van der Waals surface area contributed by atoms with E-state index in [0.717, 1.165) is 18.4 Å². The summed E-state index contributed by atoms with van der Waals surface area (Å²) in [4.78, 5) is 4.42. The van der Waals surface area contributed by atoms with Crippen molar-refractivity contribution in [2.45, 2.75) is 58.4 Å². The Morgan fingerprint density at radius 2 is 2.27 bits per heavy atom. The molecule has 2 atom stereocenters. The lowest BCUT2D eigenvalue weighted by atomic mass is 9.84. The second-order valence-electron chi connectivity index (χ2n) is 4.70. The van der Waals surface area contributed by atoms with Gasteiger partial charge in [-0.15, -0.1) is 0 Å². The monoisotopic (exact) mass is 206 g/mol. The Morgan fingerprint density at radius 3 is 3.00 bits per heavy atom. The standard InChI is InChI=1S/C13H22N2/c1-3-11-6-5-7-12(10-11)15-9-8-14-13(15)4-2/h8-9,11-12H,3-7,10H2,1-2H3. The fourth-order valence-corrected chi connectivity index (χ4v) is 2.84. The van der Waals surface area contributed by atoms with Crippen LogP contribution in [0.2, 0.25) is 0 Å². The van der Waals surface area contributed by atoms with Gasteiger partial charge in [0, 0.05) is 24.9 Å². The van der Waals surface area contributed by atoms with E-state index in [0.29, 0.717) is 0 Å². The largest absolute Gasteiger partial charge is 0.332 e. The third-order valence-corrected chi connectivity index (χ3v) is 3.79. The van der Waals surface area contributed by atoms with Gasteiger partial charge in [0.15, 0.2) is 0 Å². The first kappa shape index (κ1) is 10.7. The molecule has 1 aromatic rings. The highest BCUT2D eigenvalue weighted by Gasteiger charge is 2.22. The summed E-state index contributed by atoms with van der Waals surface area (Å²) in [6, 6.07) is 0.723. The molecule has 1 saturated carbocycles. The molecule has 2 rings (SSSR count). The molecule has 0 bridgehead atoms. The number of hydrogen-bond acceptors (Lipinski definition) is 1. The van der Waals surface area contributed by atoms with Crippen molar-refractivity contribution in [2.75, 3.05) is 0 Å². The highest BCUT2D eigenvalue weighted by atomic mass is 15.1. The number of imidazole rings is 1. The van der Waals surface area contributed by atoms with Gasteiger partial charge in [-0.05, 0) is 18.8 Å². The van der Waals surface area contributed by atoms with E-state index in [1.807, 2.05) is 6.20 Å². The normalized spacial score (nSPS) is 26.8. The van der Waals surface area contributed by atoms with Crippen molar-refractivity contribution in [3.63, 3.8) is 0 Å². The van der Waals surface area contributed by atoms with Crippen molar-refractivity contribution in [3.8, 4) is 0 Å². The Balaban J connectivity index is 2.09. The zero-order chi connectivity index (χ0) is 10.7. The van der Waals surface area contributed by atoms with Gasteiger partial charge in [0.25, 0.3) is 0 Å². The molecule has 1 heterocycles. The van der Waals surface area contributed by atoms with Crippen LogP contribution in [0.15, 0.2) is 12.4 Å². The maximum absolute atomic E-state index is 4.42. The summed E-state index contributed by atoms with van der Waals surface area (Å²) in [5, 5.41) is 0. The maximum Gasteiger partial charge on any atom is 0.108 e. The summed E-state index contributed by atoms with van der Waals surface area (Å²) in [7, 11) is 0. The molecule has 0 amide bonds. The minimum atomic E-state index is 0.723. The third-order valence-electron chi connectivity index (χ3n) is 3.79. The van der Waals surface area contributed by atoms with E-state index in [2.05, 4.69) is 29.6 Å². The van der Waals surface area contributed by atoms with Crippen LogP contribution in [0, 0.1) is 5.92 Å². The van der Waals surface area contributed by atoms with Crippen LogP contribution in [-0.2, 0) is 6.42 Å². The SMILES string of the molecule is CCc1nccn1C1CCCC(CC)C1. The third kappa shape index (κ3) is 2.24. The molecule has 1 aliphatic rings. The number of aromatic nitrogens is 2. The van der Waals surface area contributed by atoms with E-state index in [1.165, 1.54) is 37.9 Å². The number of nitrogens with zero attached hydrogens (tertiary/aromatic N) is 2. The van der Waals surface area contributed by atoms with Crippen LogP contribution in [0.3, 0.4) is 0 Å². The predicted octanol–water partition coefficient (Wildman–Crippen LogP) is 3.59. The van der Waals surface area contributed by atoms with Crippen molar-refractivity contribution >= 4 is 0 Å². The molecule has 1 aliphatic carbocycles. The van der Waals surface area contributed by atoms with Gasteiger partial charge in [-0.2, -0.15) is 0 Å². The Hall–Kier alpha value is -0.790. The Morgan fingerprint density at radius 1 is 1.40 bits per heavy atom. The van der Waals surface area contributed by atoms with E-state index < -0.39 is 0 Å². The average molecular weight is 206 g/mol. The smallest absolute Gasteiger partial charge is 0.108 e. The quantitative estimate of drug-likeness (QED) is 0.739. The van der Waals surface area contributed by atoms with Gasteiger partial charge in [0.1, 0.15) is 5.82 Å². The molecule has 15 heavy (non-hydrogen) atoms. The van der Waals surface area contributed by atoms with E-state index >= 15 is 0 Å². The zero-order valence-electron chi connectivity index (χ0n) is 9.95. The van der Waals surface area contributed by atoms with Crippen LogP contribution in [0.1, 0.15) is 57.8 Å². The lowest BCUT2D eigenvalue weighted by Gasteiger charge is -2.30. The molecule has 2 unspecified atom stereocenters. The predicted molar refractivity (Wildman–Crippen MR) is 62.9 cm³/mol. The van der Waals surface area contributed by atoms with Crippen molar-refractivity contribution < 1.29 is 0 Å². The molecule has 84 valence electrons. The Labute approximate surface area is 92.7 Å². The molecular formula is C13H22N2. The van der Waals surface area contributed by atoms with Gasteiger partial charge in [-0.3, -0.25) is 0 Å². The molecular weight excluding hydrogens is 184 g/mol. The van der Waals surface area contributed by atoms with Crippen LogP contribution in [0.5, 0.6) is 0 Å². The second kappa shape index (κ2) is 4.82. The van der Waals surface area contributed by atoms with Crippen molar-refractivity contribution in [2.24, 2.45) is 5.92 Å². The highest BCUT2D eigenvalue weighted by Crippen LogP contribution is 2.34. The molecule has 0 saturated heterocycles. The summed E-state index contributed by atoms with van der Waals surface area (Å²) in [5.41, 5.74) is 0. The average Bonchev–Trinajstić information content (AvgIpc) is 2.77. The van der Waals surface area contributed by atoms with Crippen LogP contribution in [0.4, 0.5) is 0 Å². The van der Waals surface area contributed by atoms with Gasteiger partial charge in [0.2, 0.25) is 0 Å². The van der Waals surface area contributed by atoms with Crippen molar-refractivity contribution in [1.82, 2.24) is 9.55 Å². The summed E-state index contributed by atoms with van der Waals surface area (Å²) in [6.07, 6.45) is 12.1. The topological polar surface area (TPSA) is 17.8 Å². The van der Waals surface area contributed by atoms with Crippen LogP contribution < -0.4 is 0 Å². The number of aryl methyl sites for hydroxylation is 1. The fraction of sp³-hybridized carbons (Fsp3) is 0.769. The summed E-state index contributed by atoms with van der Waals surface area (Å²) in [5.74, 6) is 2.20. The highest BCUT2D eigenvalue weighted by molar-refractivity contribution is 4.96. The minimum absolute atomic E-state index is 0.723. The van der Waals surface area contributed by atoms with Gasteiger partial charge in [-0.1, -0.05) is 33.1 Å². The van der Waals surface area contributed by atoms with Crippen molar-refractivity contribution in [1.29, 1.82) is 0 Å². The van der Waals surface area contributed by atoms with Gasteiger partial charge >= 0.3 is 0 Å². The first-order valence-electron chi connectivity index (χ1n) is 6.36. The molecule has 0 radical (unpaired) electrons. The lowest BCUT2D eigenvalue weighted by molar-refractivity contribution is 0.257. The summed E-state index contributed by atoms with van der Waals surface area (Å²) in [6.45, 7) is 4.51. The maximum atomic E-state index is 4.42. The van der Waals surface area contributed by atoms with E-state index in [9.17, 15) is 0 Å². The van der Waals surface area contributed by atoms with Crippen LogP contribution >= 0.6 is 0 Å². The molecule has 0 aliphatic heterocycles. The molecule has 2 heteroatoms. The van der Waals surface area contributed by atoms with Gasteiger partial charge in [0.05, 0.1) is 0 Å². The van der Waals surface area contributed by atoms with E-state index in [4.69, 9.17) is 0 Å². The van der Waals surface area contributed by atoms with E-state index in [1.54, 1.807) is 0 Å². The fourth-order valence-electron chi connectivity index (χ4n) is 2.84. The van der Waals surface area contributed by atoms with Gasteiger partial charge < -0.3 is 4.57 Å². The number of hydrogen-bond donors (Lipinski definition) is 0. The second-order valence-corrected chi connectivity index (χ2v) is 4.70. The van der Waals surface area contributed by atoms with Crippen LogP contribution in [0.25, 0.3) is 0 Å². The Bertz CT molecular complexity index is 303. The minimum Gasteiger partial charge on any atom is -0.332 e. The molecule has 0 spiro atoms. The lowest BCUT2D eigenvalue weighted by Crippen LogP contribution is -2.19. The molecule has 2 nitrogen and oxygen atoms in total. The van der Waals surface area contributed by atoms with Crippen LogP contribution in [-0.4, -0.2) is 9.55 Å². The molecule has 0 N–H and O–H groups in total. The first-order chi connectivity index (χ1) is 7.35. The Kier molecular flexibility index (Phi) is 3.45. The first-order valence-corrected chi connectivity index (χ1v) is 6.36.